The van der Waals surface area contributed by atoms with E-state index < -0.39 is 6.04 Å². The Hall–Kier alpha value is -4.89. The van der Waals surface area contributed by atoms with Gasteiger partial charge in [-0.15, -0.1) is 0 Å². The molecule has 0 radical (unpaired) electrons. The highest BCUT2D eigenvalue weighted by molar-refractivity contribution is 5.99. The number of hydrogen-bond acceptors (Lipinski definition) is 7. The zero-order valence-corrected chi connectivity index (χ0v) is 23.3. The molecule has 5 aromatic rings. The van der Waals surface area contributed by atoms with Crippen molar-refractivity contribution in [1.29, 1.82) is 0 Å². The summed E-state index contributed by atoms with van der Waals surface area (Å²) >= 11 is 0. The molecule has 0 saturated carbocycles. The highest BCUT2D eigenvalue weighted by atomic mass is 16.5. The van der Waals surface area contributed by atoms with Gasteiger partial charge in [0, 0.05) is 30.4 Å². The number of aromatic nitrogens is 2. The van der Waals surface area contributed by atoms with E-state index in [1.165, 1.54) is 0 Å². The van der Waals surface area contributed by atoms with Crippen molar-refractivity contribution >= 4 is 16.9 Å². The number of likely N-dealkylation sites (N-methyl/N-ethyl adjacent to an activating group) is 1. The maximum atomic E-state index is 14.0. The number of para-hydroxylation sites is 2. The summed E-state index contributed by atoms with van der Waals surface area (Å²) in [6.45, 7) is 0.987. The van der Waals surface area contributed by atoms with Gasteiger partial charge in [0.15, 0.2) is 16.9 Å². The number of methoxy groups -OCH3 is 2. The predicted octanol–water partition coefficient (Wildman–Crippen LogP) is 4.77. The fraction of sp³-hybridized carbons (Fsp3) is 0.219. The summed E-state index contributed by atoms with van der Waals surface area (Å²) in [5.41, 5.74) is 3.40. The third-order valence-electron chi connectivity index (χ3n) is 7.38. The number of hydrogen-bond donors (Lipinski definition) is 0. The molecule has 1 atom stereocenters. The van der Waals surface area contributed by atoms with Crippen molar-refractivity contribution in [1.82, 2.24) is 19.6 Å². The fourth-order valence-electron chi connectivity index (χ4n) is 5.34. The maximum Gasteiger partial charge on any atom is 0.290 e. The van der Waals surface area contributed by atoms with Gasteiger partial charge in [-0.25, -0.2) is 4.68 Å². The molecule has 0 N–H and O–H groups in total. The van der Waals surface area contributed by atoms with Crippen molar-refractivity contribution in [2.45, 2.75) is 6.04 Å². The Kier molecular flexibility index (Phi) is 6.80. The number of fused-ring (bicyclic) bond motifs is 2. The van der Waals surface area contributed by atoms with Gasteiger partial charge in [-0.2, -0.15) is 5.10 Å². The Bertz CT molecular complexity index is 1810. The summed E-state index contributed by atoms with van der Waals surface area (Å²) in [6.07, 6.45) is 1.89. The van der Waals surface area contributed by atoms with Crippen LogP contribution in [0.5, 0.6) is 11.5 Å². The Morgan fingerprint density at radius 1 is 0.927 bits per heavy atom. The second-order valence-electron chi connectivity index (χ2n) is 10.2. The maximum absolute atomic E-state index is 14.0. The number of carbonyl (C=O) groups is 1. The van der Waals surface area contributed by atoms with E-state index in [1.54, 1.807) is 48.1 Å². The molecule has 3 aromatic carbocycles. The number of carbonyl (C=O) groups excluding carboxylic acids is 1. The van der Waals surface area contributed by atoms with Gasteiger partial charge in [0.05, 0.1) is 42.6 Å². The van der Waals surface area contributed by atoms with Crippen LogP contribution in [-0.4, -0.2) is 66.9 Å². The first-order valence-electron chi connectivity index (χ1n) is 13.3. The van der Waals surface area contributed by atoms with Gasteiger partial charge in [0.1, 0.15) is 5.58 Å². The lowest BCUT2D eigenvalue weighted by Crippen LogP contribution is -2.35. The molecule has 1 aliphatic heterocycles. The Labute approximate surface area is 237 Å². The first-order chi connectivity index (χ1) is 19.9. The average molecular weight is 551 g/mol. The van der Waals surface area contributed by atoms with Crippen LogP contribution >= 0.6 is 0 Å². The van der Waals surface area contributed by atoms with Gasteiger partial charge < -0.3 is 23.7 Å². The molecule has 0 aliphatic carbocycles. The van der Waals surface area contributed by atoms with Crippen LogP contribution in [-0.2, 0) is 0 Å². The molecule has 0 fully saturated rings. The molecule has 9 heteroatoms. The van der Waals surface area contributed by atoms with E-state index >= 15 is 0 Å². The third kappa shape index (κ3) is 4.54. The van der Waals surface area contributed by atoms with Crippen molar-refractivity contribution in [3.63, 3.8) is 0 Å². The van der Waals surface area contributed by atoms with E-state index in [0.717, 1.165) is 11.3 Å². The number of nitrogens with zero attached hydrogens (tertiary/aromatic N) is 4. The molecule has 208 valence electrons. The molecule has 0 bridgehead atoms. The quantitative estimate of drug-likeness (QED) is 0.275. The summed E-state index contributed by atoms with van der Waals surface area (Å²) in [4.78, 5) is 31.7. The molecule has 3 heterocycles. The fourth-order valence-corrected chi connectivity index (χ4v) is 5.34. The molecular weight excluding hydrogens is 520 g/mol. The summed E-state index contributed by atoms with van der Waals surface area (Å²) in [6, 6.07) is 21.6. The molecule has 0 spiro atoms. The third-order valence-corrected chi connectivity index (χ3v) is 7.38. The molecule has 41 heavy (non-hydrogen) atoms. The van der Waals surface area contributed by atoms with Crippen molar-refractivity contribution in [2.24, 2.45) is 0 Å². The first kappa shape index (κ1) is 26.3. The topological polar surface area (TPSA) is 90.0 Å². The molecule has 6 rings (SSSR count). The molecule has 0 saturated heterocycles. The zero-order valence-electron chi connectivity index (χ0n) is 23.3. The smallest absolute Gasteiger partial charge is 0.290 e. The Morgan fingerprint density at radius 2 is 1.66 bits per heavy atom. The second kappa shape index (κ2) is 10.6. The van der Waals surface area contributed by atoms with E-state index in [4.69, 9.17) is 19.0 Å². The molecular formula is C32H30N4O5. The zero-order chi connectivity index (χ0) is 28.7. The lowest BCUT2D eigenvalue weighted by atomic mass is 9.96. The van der Waals surface area contributed by atoms with E-state index in [9.17, 15) is 9.59 Å². The van der Waals surface area contributed by atoms with Crippen LogP contribution in [0.1, 0.15) is 27.7 Å². The first-order valence-corrected chi connectivity index (χ1v) is 13.3. The average Bonchev–Trinajstić information content (AvgIpc) is 3.55. The van der Waals surface area contributed by atoms with Crippen LogP contribution in [0.3, 0.4) is 0 Å². The van der Waals surface area contributed by atoms with Gasteiger partial charge in [-0.1, -0.05) is 30.3 Å². The van der Waals surface area contributed by atoms with Crippen LogP contribution in [0.15, 0.2) is 88.2 Å². The summed E-state index contributed by atoms with van der Waals surface area (Å²) in [7, 11) is 7.06. The van der Waals surface area contributed by atoms with Crippen LogP contribution < -0.4 is 14.9 Å². The van der Waals surface area contributed by atoms with E-state index in [1.807, 2.05) is 73.7 Å². The molecule has 2 aromatic heterocycles. The van der Waals surface area contributed by atoms with E-state index in [2.05, 4.69) is 0 Å². The summed E-state index contributed by atoms with van der Waals surface area (Å²) < 4.78 is 18.9. The standard InChI is InChI=1S/C32H30N4O5/c1-34(2)16-17-35-29(27-30(37)22-12-8-9-13-24(22)41-31(27)32(35)38)23-19-36(21-10-6-5-7-11-21)33-28(23)20-14-15-25(39-3)26(18-20)40-4/h5-15,18-19,29H,16-17H2,1-4H3. The van der Waals surface area contributed by atoms with Gasteiger partial charge in [-0.05, 0) is 56.6 Å². The van der Waals surface area contributed by atoms with Crippen LogP contribution in [0, 0.1) is 0 Å². The normalized spacial score (nSPS) is 14.6. The predicted molar refractivity (Wildman–Crippen MR) is 156 cm³/mol. The van der Waals surface area contributed by atoms with Crippen molar-refractivity contribution in [3.8, 4) is 28.4 Å². The van der Waals surface area contributed by atoms with Crippen molar-refractivity contribution in [2.75, 3.05) is 41.4 Å². The molecule has 1 aliphatic rings. The van der Waals surface area contributed by atoms with E-state index in [0.29, 0.717) is 52.4 Å². The molecule has 1 unspecified atom stereocenters. The van der Waals surface area contributed by atoms with Crippen LogP contribution in [0.2, 0.25) is 0 Å². The highest BCUT2D eigenvalue weighted by Gasteiger charge is 2.44. The minimum atomic E-state index is -0.709. The number of benzene rings is 3. The number of ether oxygens (including phenoxy) is 2. The minimum Gasteiger partial charge on any atom is -0.493 e. The largest absolute Gasteiger partial charge is 0.493 e. The highest BCUT2D eigenvalue weighted by Crippen LogP contribution is 2.43. The Morgan fingerprint density at radius 3 is 2.39 bits per heavy atom. The lowest BCUT2D eigenvalue weighted by Gasteiger charge is -2.26. The van der Waals surface area contributed by atoms with Gasteiger partial charge in [0.2, 0.25) is 5.76 Å². The summed E-state index contributed by atoms with van der Waals surface area (Å²) in [5.74, 6) is 0.882. The summed E-state index contributed by atoms with van der Waals surface area (Å²) in [5, 5.41) is 5.42. The van der Waals surface area contributed by atoms with E-state index in [-0.39, 0.29) is 17.1 Å². The van der Waals surface area contributed by atoms with Crippen LogP contribution in [0.25, 0.3) is 27.9 Å². The lowest BCUT2D eigenvalue weighted by molar-refractivity contribution is 0.0716. The SMILES string of the molecule is COc1ccc(-c2nn(-c3ccccc3)cc2C2c3c(oc4ccccc4c3=O)C(=O)N2CCN(C)C)cc1OC. The molecule has 9 nitrogen and oxygen atoms in total. The number of amides is 1. The van der Waals surface area contributed by atoms with Gasteiger partial charge in [0.25, 0.3) is 5.91 Å². The van der Waals surface area contributed by atoms with Crippen LogP contribution in [0.4, 0.5) is 0 Å². The van der Waals surface area contributed by atoms with Gasteiger partial charge in [-0.3, -0.25) is 9.59 Å². The Balaban J connectivity index is 1.62. The minimum absolute atomic E-state index is 0.0724. The van der Waals surface area contributed by atoms with Crippen molar-refractivity contribution in [3.05, 3.63) is 106 Å². The monoisotopic (exact) mass is 550 g/mol. The molecule has 1 amide bonds. The van der Waals surface area contributed by atoms with Gasteiger partial charge >= 0.3 is 0 Å². The number of rotatable bonds is 8. The van der Waals surface area contributed by atoms with Crippen molar-refractivity contribution < 1.29 is 18.7 Å². The second-order valence-corrected chi connectivity index (χ2v) is 10.2.